The van der Waals surface area contributed by atoms with Gasteiger partial charge < -0.3 is 15.0 Å². The highest BCUT2D eigenvalue weighted by molar-refractivity contribution is 14.0. The van der Waals surface area contributed by atoms with Gasteiger partial charge in [-0.25, -0.2) is 0 Å². The maximum atomic E-state index is 6.27. The Bertz CT molecular complexity index is 624. The van der Waals surface area contributed by atoms with E-state index in [1.165, 1.54) is 24.8 Å². The summed E-state index contributed by atoms with van der Waals surface area (Å²) in [4.78, 5) is 9.98. The number of halogens is 2. The third kappa shape index (κ3) is 6.47. The van der Waals surface area contributed by atoms with Gasteiger partial charge in [-0.2, -0.15) is 0 Å². The number of likely N-dealkylation sites (tertiary alicyclic amines) is 2. The van der Waals surface area contributed by atoms with Gasteiger partial charge in [0.15, 0.2) is 5.96 Å². The summed E-state index contributed by atoms with van der Waals surface area (Å²) in [7, 11) is 1.79. The molecule has 3 rings (SSSR count). The van der Waals surface area contributed by atoms with Gasteiger partial charge in [0.05, 0.1) is 19.2 Å². The number of hydrogen-bond donors (Lipinski definition) is 1. The smallest absolute Gasteiger partial charge is 0.193 e. The lowest BCUT2D eigenvalue weighted by atomic mass is 10.1. The van der Waals surface area contributed by atoms with Crippen LogP contribution in [-0.4, -0.2) is 68.7 Å². The molecule has 0 bridgehead atoms. The van der Waals surface area contributed by atoms with Gasteiger partial charge in [0, 0.05) is 37.7 Å². The fourth-order valence-corrected chi connectivity index (χ4v) is 4.39. The van der Waals surface area contributed by atoms with Gasteiger partial charge in [-0.1, -0.05) is 23.7 Å². The second kappa shape index (κ2) is 12.2. The maximum absolute atomic E-state index is 6.27. The molecule has 0 amide bonds. The van der Waals surface area contributed by atoms with Crippen molar-refractivity contribution in [1.82, 2.24) is 15.1 Å². The van der Waals surface area contributed by atoms with E-state index in [1.54, 1.807) is 7.11 Å². The standard InChI is InChI=1S/C21H33ClN4O.HI/c1-3-23-21(26-12-9-17(15-26)16-27-2)24-14-20(25-10-4-5-11-25)18-7-6-8-19(22)13-18;/h6-8,13,17,20H,3-5,9-12,14-16H2,1-2H3,(H,23,24);1H. The number of nitrogens with one attached hydrogen (secondary N) is 1. The normalized spacial score (nSPS) is 21.6. The maximum Gasteiger partial charge on any atom is 0.193 e. The Labute approximate surface area is 191 Å². The van der Waals surface area contributed by atoms with Crippen molar-refractivity contribution in [2.75, 3.05) is 53.0 Å². The first-order valence-electron chi connectivity index (χ1n) is 10.2. The summed E-state index contributed by atoms with van der Waals surface area (Å²) in [5, 5.41) is 4.29. The van der Waals surface area contributed by atoms with Crippen LogP contribution in [-0.2, 0) is 4.74 Å². The Morgan fingerprint density at radius 1 is 1.32 bits per heavy atom. The summed E-state index contributed by atoms with van der Waals surface area (Å²) in [5.74, 6) is 1.63. The van der Waals surface area contributed by atoms with E-state index in [0.717, 1.165) is 56.9 Å². The largest absolute Gasteiger partial charge is 0.384 e. The first-order chi connectivity index (χ1) is 13.2. The zero-order chi connectivity index (χ0) is 19.1. The average molecular weight is 521 g/mol. The molecule has 2 unspecified atom stereocenters. The van der Waals surface area contributed by atoms with Gasteiger partial charge in [0.1, 0.15) is 0 Å². The summed E-state index contributed by atoms with van der Waals surface area (Å²) < 4.78 is 5.34. The molecule has 158 valence electrons. The molecule has 2 atom stereocenters. The first kappa shape index (κ1) is 23.7. The Hall–Kier alpha value is -0.570. The molecular weight excluding hydrogens is 487 g/mol. The van der Waals surface area contributed by atoms with Crippen molar-refractivity contribution in [3.05, 3.63) is 34.9 Å². The van der Waals surface area contributed by atoms with Gasteiger partial charge in [-0.3, -0.25) is 9.89 Å². The first-order valence-corrected chi connectivity index (χ1v) is 10.6. The molecule has 2 fully saturated rings. The van der Waals surface area contributed by atoms with Gasteiger partial charge in [0.2, 0.25) is 0 Å². The molecule has 2 aliphatic rings. The Balaban J connectivity index is 0.00000280. The molecule has 1 N–H and O–H groups in total. The van der Waals surface area contributed by atoms with Crippen molar-refractivity contribution in [3.63, 3.8) is 0 Å². The number of rotatable bonds is 7. The van der Waals surface area contributed by atoms with E-state index in [0.29, 0.717) is 5.92 Å². The molecule has 2 saturated heterocycles. The molecule has 1 aromatic rings. The molecule has 7 heteroatoms. The number of benzene rings is 1. The molecule has 2 aliphatic heterocycles. The summed E-state index contributed by atoms with van der Waals surface area (Å²) in [6, 6.07) is 8.56. The molecule has 1 aromatic carbocycles. The highest BCUT2D eigenvalue weighted by atomic mass is 127. The minimum atomic E-state index is 0. The highest BCUT2D eigenvalue weighted by Crippen LogP contribution is 2.27. The van der Waals surface area contributed by atoms with Crippen LogP contribution in [0.4, 0.5) is 0 Å². The molecule has 0 aliphatic carbocycles. The monoisotopic (exact) mass is 520 g/mol. The molecule has 0 spiro atoms. The van der Waals surface area contributed by atoms with Crippen LogP contribution in [0.25, 0.3) is 0 Å². The van der Waals surface area contributed by atoms with E-state index >= 15 is 0 Å². The summed E-state index contributed by atoms with van der Waals surface area (Å²) in [5.41, 5.74) is 1.27. The zero-order valence-corrected chi connectivity index (χ0v) is 20.2. The van der Waals surface area contributed by atoms with Crippen molar-refractivity contribution >= 4 is 41.5 Å². The van der Waals surface area contributed by atoms with Crippen molar-refractivity contribution < 1.29 is 4.74 Å². The second-order valence-electron chi connectivity index (χ2n) is 7.56. The summed E-state index contributed by atoms with van der Waals surface area (Å²) in [6.07, 6.45) is 3.71. The molecule has 28 heavy (non-hydrogen) atoms. The van der Waals surface area contributed by atoms with Crippen LogP contribution in [0.5, 0.6) is 0 Å². The zero-order valence-electron chi connectivity index (χ0n) is 17.1. The van der Waals surface area contributed by atoms with Gasteiger partial charge in [0.25, 0.3) is 0 Å². The Kier molecular flexibility index (Phi) is 10.3. The van der Waals surface area contributed by atoms with E-state index in [-0.39, 0.29) is 30.0 Å². The number of nitrogens with zero attached hydrogens (tertiary/aromatic N) is 3. The van der Waals surface area contributed by atoms with Crippen LogP contribution in [0.1, 0.15) is 37.8 Å². The SMILES string of the molecule is CCNC(=NCC(c1cccc(Cl)c1)N1CCCC1)N1CCC(COC)C1.I. The number of ether oxygens (including phenoxy) is 1. The topological polar surface area (TPSA) is 40.1 Å². The number of hydrogen-bond acceptors (Lipinski definition) is 3. The van der Waals surface area contributed by atoms with Crippen molar-refractivity contribution in [1.29, 1.82) is 0 Å². The third-order valence-corrected chi connectivity index (χ3v) is 5.79. The highest BCUT2D eigenvalue weighted by Gasteiger charge is 2.27. The Morgan fingerprint density at radius 2 is 2.11 bits per heavy atom. The summed E-state index contributed by atoms with van der Waals surface area (Å²) >= 11 is 6.27. The van der Waals surface area contributed by atoms with Crippen molar-refractivity contribution in [2.45, 2.75) is 32.2 Å². The predicted molar refractivity (Wildman–Crippen MR) is 128 cm³/mol. The van der Waals surface area contributed by atoms with Crippen LogP contribution in [0.15, 0.2) is 29.3 Å². The van der Waals surface area contributed by atoms with Crippen LogP contribution in [0.3, 0.4) is 0 Å². The van der Waals surface area contributed by atoms with E-state index in [9.17, 15) is 0 Å². The molecule has 5 nitrogen and oxygen atoms in total. The van der Waals surface area contributed by atoms with Crippen LogP contribution in [0, 0.1) is 5.92 Å². The van der Waals surface area contributed by atoms with Crippen molar-refractivity contribution in [3.8, 4) is 0 Å². The molecule has 0 aromatic heterocycles. The summed E-state index contributed by atoms with van der Waals surface area (Å²) in [6.45, 7) is 8.95. The van der Waals surface area contributed by atoms with E-state index in [1.807, 2.05) is 12.1 Å². The minimum Gasteiger partial charge on any atom is -0.384 e. The predicted octanol–water partition coefficient (Wildman–Crippen LogP) is 4.03. The van der Waals surface area contributed by atoms with Crippen LogP contribution >= 0.6 is 35.6 Å². The van der Waals surface area contributed by atoms with Crippen molar-refractivity contribution in [2.24, 2.45) is 10.9 Å². The van der Waals surface area contributed by atoms with E-state index < -0.39 is 0 Å². The lowest BCUT2D eigenvalue weighted by Gasteiger charge is -2.28. The number of methoxy groups -OCH3 is 1. The third-order valence-electron chi connectivity index (χ3n) is 5.55. The van der Waals surface area contributed by atoms with E-state index in [2.05, 4.69) is 34.2 Å². The average Bonchev–Trinajstić information content (AvgIpc) is 3.34. The fourth-order valence-electron chi connectivity index (χ4n) is 4.19. The van der Waals surface area contributed by atoms with Gasteiger partial charge >= 0.3 is 0 Å². The van der Waals surface area contributed by atoms with Gasteiger partial charge in [-0.15, -0.1) is 24.0 Å². The minimum absolute atomic E-state index is 0. The molecule has 0 saturated carbocycles. The van der Waals surface area contributed by atoms with E-state index in [4.69, 9.17) is 21.3 Å². The second-order valence-corrected chi connectivity index (χ2v) is 8.00. The number of guanidine groups is 1. The quantitative estimate of drug-likeness (QED) is 0.335. The van der Waals surface area contributed by atoms with Gasteiger partial charge in [-0.05, 0) is 57.0 Å². The Morgan fingerprint density at radius 3 is 2.79 bits per heavy atom. The fraction of sp³-hybridized carbons (Fsp3) is 0.667. The molecular formula is C21H34ClIN4O. The number of aliphatic imine (C=N–C) groups is 1. The van der Waals surface area contributed by atoms with Crippen LogP contribution in [0.2, 0.25) is 5.02 Å². The lowest BCUT2D eigenvalue weighted by Crippen LogP contribution is -2.41. The molecule has 2 heterocycles. The lowest BCUT2D eigenvalue weighted by molar-refractivity contribution is 0.157. The van der Waals surface area contributed by atoms with Crippen LogP contribution < -0.4 is 5.32 Å². The molecule has 0 radical (unpaired) electrons.